The molecule has 0 saturated carbocycles. The van der Waals surface area contributed by atoms with Crippen LogP contribution in [0.15, 0.2) is 55.3 Å². The predicted molar refractivity (Wildman–Crippen MR) is 130 cm³/mol. The van der Waals surface area contributed by atoms with Crippen molar-refractivity contribution < 1.29 is 23.0 Å². The number of pyridine rings is 1. The third-order valence-electron chi connectivity index (χ3n) is 7.20. The number of benzene rings is 2. The van der Waals surface area contributed by atoms with Crippen LogP contribution in [0.1, 0.15) is 37.0 Å². The molecule has 2 aromatic carbocycles. The normalized spacial score (nSPS) is 20.5. The molecule has 186 valence electrons. The highest BCUT2D eigenvalue weighted by atomic mass is 19.1. The summed E-state index contributed by atoms with van der Waals surface area (Å²) in [5.74, 6) is -1.58. The van der Waals surface area contributed by atoms with Crippen LogP contribution in [0.2, 0.25) is 0 Å². The maximum Gasteiger partial charge on any atom is 0.133 e. The molecule has 3 aromatic rings. The molecule has 35 heavy (non-hydrogen) atoms. The third kappa shape index (κ3) is 5.52. The zero-order valence-electron chi connectivity index (χ0n) is 20.1. The Labute approximate surface area is 204 Å². The molecule has 4 atom stereocenters. The minimum Gasteiger partial charge on any atom is -0.497 e. The zero-order chi connectivity index (χ0) is 25.1. The summed E-state index contributed by atoms with van der Waals surface area (Å²) < 4.78 is 46.9. The summed E-state index contributed by atoms with van der Waals surface area (Å²) in [6, 6.07) is 8.91. The van der Waals surface area contributed by atoms with Crippen molar-refractivity contribution in [1.29, 1.82) is 0 Å². The fourth-order valence-corrected chi connectivity index (χ4v) is 5.20. The number of piperidine rings is 1. The van der Waals surface area contributed by atoms with Gasteiger partial charge in [-0.2, -0.15) is 0 Å². The molecule has 1 N–H and O–H groups in total. The Bertz CT molecular complexity index is 1180. The van der Waals surface area contributed by atoms with E-state index in [0.29, 0.717) is 18.8 Å². The van der Waals surface area contributed by atoms with E-state index in [1.165, 1.54) is 0 Å². The Kier molecular flexibility index (Phi) is 7.77. The summed E-state index contributed by atoms with van der Waals surface area (Å²) in [6.07, 6.45) is 4.50. The fourth-order valence-electron chi connectivity index (χ4n) is 5.20. The van der Waals surface area contributed by atoms with Gasteiger partial charge in [-0.25, -0.2) is 13.2 Å². The number of methoxy groups -OCH3 is 1. The number of aromatic nitrogens is 1. The summed E-state index contributed by atoms with van der Waals surface area (Å²) in [4.78, 5) is 6.38. The molecule has 1 saturated heterocycles. The molecule has 0 amide bonds. The zero-order valence-corrected chi connectivity index (χ0v) is 20.1. The van der Waals surface area contributed by atoms with Gasteiger partial charge < -0.3 is 9.84 Å². The van der Waals surface area contributed by atoms with Crippen molar-refractivity contribution in [3.63, 3.8) is 0 Å². The van der Waals surface area contributed by atoms with Crippen molar-refractivity contribution in [2.24, 2.45) is 17.8 Å². The lowest BCUT2D eigenvalue weighted by atomic mass is 9.77. The first kappa shape index (κ1) is 25.2. The van der Waals surface area contributed by atoms with Crippen LogP contribution in [0.25, 0.3) is 10.9 Å². The summed E-state index contributed by atoms with van der Waals surface area (Å²) in [5, 5.41) is 12.1. The molecular formula is C28H31F3N2O2. The number of hydrogen-bond acceptors (Lipinski definition) is 4. The first-order valence-corrected chi connectivity index (χ1v) is 11.9. The van der Waals surface area contributed by atoms with Gasteiger partial charge in [-0.3, -0.25) is 9.88 Å². The van der Waals surface area contributed by atoms with Gasteiger partial charge in [0.2, 0.25) is 0 Å². The van der Waals surface area contributed by atoms with Gasteiger partial charge >= 0.3 is 0 Å². The highest BCUT2D eigenvalue weighted by Gasteiger charge is 2.31. The monoisotopic (exact) mass is 484 g/mol. The number of hydrogen-bond donors (Lipinski definition) is 1. The van der Waals surface area contributed by atoms with Crippen LogP contribution in [-0.2, 0) is 6.54 Å². The Morgan fingerprint density at radius 1 is 1.20 bits per heavy atom. The van der Waals surface area contributed by atoms with Gasteiger partial charge in [-0.05, 0) is 67.0 Å². The minimum absolute atomic E-state index is 0.0298. The lowest BCUT2D eigenvalue weighted by Gasteiger charge is -2.39. The molecule has 4 nitrogen and oxygen atoms in total. The van der Waals surface area contributed by atoms with Crippen LogP contribution < -0.4 is 4.74 Å². The summed E-state index contributed by atoms with van der Waals surface area (Å²) >= 11 is 0. The average Bonchev–Trinajstić information content (AvgIpc) is 2.85. The van der Waals surface area contributed by atoms with Gasteiger partial charge in [0, 0.05) is 42.4 Å². The lowest BCUT2D eigenvalue weighted by Crippen LogP contribution is -2.40. The second-order valence-corrected chi connectivity index (χ2v) is 9.47. The van der Waals surface area contributed by atoms with Gasteiger partial charge in [-0.1, -0.05) is 13.0 Å². The highest BCUT2D eigenvalue weighted by Crippen LogP contribution is 2.37. The molecular weight excluding hydrogens is 453 g/mol. The molecule has 7 heteroatoms. The molecule has 2 unspecified atom stereocenters. The van der Waals surface area contributed by atoms with Crippen molar-refractivity contribution in [1.82, 2.24) is 9.88 Å². The second kappa shape index (κ2) is 10.8. The summed E-state index contributed by atoms with van der Waals surface area (Å²) in [5.41, 5.74) is 1.50. The van der Waals surface area contributed by atoms with E-state index in [2.05, 4.69) is 11.6 Å². The van der Waals surface area contributed by atoms with E-state index in [4.69, 9.17) is 4.74 Å². The second-order valence-electron chi connectivity index (χ2n) is 9.47. The molecule has 0 spiro atoms. The minimum atomic E-state index is -0.917. The standard InChI is InChI=1S/C28H31F3N2O2/c1-4-18-15-33(16-24-25(30)12-20(29)13-26(24)31)10-8-19(18)11-17(2)28(34)22-7-9-32-27-6-5-21(35-3)14-23(22)27/h4-7,9,12-14,17-19,28,34H,1,8,10-11,15-16H2,2-3H3/t17-,18?,19?,28-/m0/s1. The average molecular weight is 485 g/mol. The number of rotatable bonds is 8. The maximum absolute atomic E-state index is 14.1. The molecule has 2 heterocycles. The first-order chi connectivity index (χ1) is 16.8. The van der Waals surface area contributed by atoms with Crippen molar-refractivity contribution in [3.8, 4) is 5.75 Å². The van der Waals surface area contributed by atoms with E-state index in [9.17, 15) is 18.3 Å². The van der Waals surface area contributed by atoms with Gasteiger partial charge in [0.25, 0.3) is 0 Å². The van der Waals surface area contributed by atoms with E-state index in [1.54, 1.807) is 13.3 Å². The van der Waals surface area contributed by atoms with E-state index in [1.807, 2.05) is 42.2 Å². The number of likely N-dealkylation sites (tertiary alicyclic amines) is 1. The van der Waals surface area contributed by atoms with Crippen molar-refractivity contribution in [2.45, 2.75) is 32.4 Å². The number of nitrogens with zero attached hydrogens (tertiary/aromatic N) is 2. The number of halogens is 3. The molecule has 1 aliphatic heterocycles. The van der Waals surface area contributed by atoms with Crippen molar-refractivity contribution in [2.75, 3.05) is 20.2 Å². The Morgan fingerprint density at radius 3 is 2.63 bits per heavy atom. The maximum atomic E-state index is 14.1. The van der Waals surface area contributed by atoms with Gasteiger partial charge in [-0.15, -0.1) is 6.58 Å². The molecule has 4 rings (SSSR count). The van der Waals surface area contributed by atoms with Crippen LogP contribution in [0.3, 0.4) is 0 Å². The van der Waals surface area contributed by atoms with Crippen LogP contribution in [0, 0.1) is 35.2 Å². The number of ether oxygens (including phenoxy) is 1. The molecule has 0 radical (unpaired) electrons. The van der Waals surface area contributed by atoms with E-state index in [0.717, 1.165) is 41.4 Å². The molecule has 1 aromatic heterocycles. The fraction of sp³-hybridized carbons (Fsp3) is 0.393. The lowest BCUT2D eigenvalue weighted by molar-refractivity contribution is 0.0715. The van der Waals surface area contributed by atoms with E-state index >= 15 is 0 Å². The SMILES string of the molecule is C=CC1CN(Cc2c(F)cc(F)cc2F)CCC1C[C@H](C)[C@H](O)c1ccnc2ccc(OC)cc12. The van der Waals surface area contributed by atoms with E-state index in [-0.39, 0.29) is 29.9 Å². The largest absolute Gasteiger partial charge is 0.497 e. The quantitative estimate of drug-likeness (QED) is 0.396. The van der Waals surface area contributed by atoms with Gasteiger partial charge in [0.15, 0.2) is 0 Å². The molecule has 0 aliphatic carbocycles. The summed E-state index contributed by atoms with van der Waals surface area (Å²) in [7, 11) is 1.61. The predicted octanol–water partition coefficient (Wildman–Crippen LogP) is 6.04. The Balaban J connectivity index is 1.44. The van der Waals surface area contributed by atoms with Crippen LogP contribution in [0.4, 0.5) is 13.2 Å². The van der Waals surface area contributed by atoms with Gasteiger partial charge in [0.1, 0.15) is 23.2 Å². The molecule has 1 aliphatic rings. The molecule has 0 bridgehead atoms. The van der Waals surface area contributed by atoms with Crippen LogP contribution in [-0.4, -0.2) is 35.2 Å². The summed E-state index contributed by atoms with van der Waals surface area (Å²) in [6.45, 7) is 7.36. The highest BCUT2D eigenvalue weighted by molar-refractivity contribution is 5.83. The smallest absolute Gasteiger partial charge is 0.133 e. The number of aliphatic hydroxyl groups excluding tert-OH is 1. The number of fused-ring (bicyclic) bond motifs is 1. The topological polar surface area (TPSA) is 45.6 Å². The Hall–Kier alpha value is -2.90. The Morgan fingerprint density at radius 2 is 1.94 bits per heavy atom. The van der Waals surface area contributed by atoms with Crippen molar-refractivity contribution >= 4 is 10.9 Å². The van der Waals surface area contributed by atoms with Crippen LogP contribution >= 0.6 is 0 Å². The van der Waals surface area contributed by atoms with Gasteiger partial charge in [0.05, 0.1) is 18.7 Å². The first-order valence-electron chi connectivity index (χ1n) is 11.9. The third-order valence-corrected chi connectivity index (χ3v) is 7.20. The molecule has 1 fully saturated rings. The van der Waals surface area contributed by atoms with Crippen molar-refractivity contribution in [3.05, 3.63) is 83.8 Å². The number of aliphatic hydroxyl groups is 1. The van der Waals surface area contributed by atoms with Crippen LogP contribution in [0.5, 0.6) is 5.75 Å². The van der Waals surface area contributed by atoms with E-state index < -0.39 is 23.6 Å².